The first-order chi connectivity index (χ1) is 8.45. The Morgan fingerprint density at radius 3 is 2.72 bits per heavy atom. The molecule has 0 aliphatic rings. The molecule has 1 N–H and O–H groups in total. The van der Waals surface area contributed by atoms with Gasteiger partial charge in [0, 0.05) is 11.0 Å². The van der Waals surface area contributed by atoms with Gasteiger partial charge < -0.3 is 10.1 Å². The average Bonchev–Trinajstić information content (AvgIpc) is 2.34. The number of carbonyl (C=O) groups is 2. The van der Waals surface area contributed by atoms with Gasteiger partial charge in [0.1, 0.15) is 10.6 Å². The van der Waals surface area contributed by atoms with E-state index in [2.05, 4.69) is 41.9 Å². The number of methoxy groups -OCH3 is 1. The van der Waals surface area contributed by atoms with Crippen LogP contribution < -0.4 is 5.32 Å². The summed E-state index contributed by atoms with van der Waals surface area (Å²) in [6.45, 7) is 0.0787. The zero-order chi connectivity index (χ0) is 13.7. The molecular formula is C11H10Br2FNO3. The number of esters is 1. The predicted molar refractivity (Wildman–Crippen MR) is 71.2 cm³/mol. The first kappa shape index (κ1) is 15.1. The SMILES string of the molecule is COC(=O)C(Br)CNC(=O)c1ccc(F)cc1Br. The number of carbonyl (C=O) groups excluding carboxylic acids is 2. The molecule has 0 aromatic heterocycles. The van der Waals surface area contributed by atoms with E-state index in [4.69, 9.17) is 0 Å². The summed E-state index contributed by atoms with van der Waals surface area (Å²) in [5.74, 6) is -1.32. The van der Waals surface area contributed by atoms with Crippen LogP contribution in [0.1, 0.15) is 10.4 Å². The second-order valence-corrected chi connectivity index (χ2v) is 5.28. The standard InChI is InChI=1S/C11H10Br2FNO3/c1-18-11(17)9(13)5-15-10(16)7-3-2-6(14)4-8(7)12/h2-4,9H,5H2,1H3,(H,15,16). The van der Waals surface area contributed by atoms with Gasteiger partial charge in [0.15, 0.2) is 0 Å². The number of nitrogens with one attached hydrogen (secondary N) is 1. The molecule has 0 heterocycles. The highest BCUT2D eigenvalue weighted by molar-refractivity contribution is 9.10. The second-order valence-electron chi connectivity index (χ2n) is 3.32. The Labute approximate surface area is 120 Å². The number of halogens is 3. The summed E-state index contributed by atoms with van der Waals surface area (Å²) in [5, 5.41) is 2.54. The molecule has 0 fully saturated rings. The molecule has 0 saturated carbocycles. The highest BCUT2D eigenvalue weighted by atomic mass is 79.9. The molecule has 0 bridgehead atoms. The fourth-order valence-electron chi connectivity index (χ4n) is 1.16. The van der Waals surface area contributed by atoms with Crippen LogP contribution in [0.15, 0.2) is 22.7 Å². The summed E-state index contributed by atoms with van der Waals surface area (Å²) in [6.07, 6.45) is 0. The molecule has 1 atom stereocenters. The summed E-state index contributed by atoms with van der Waals surface area (Å²) < 4.78 is 17.7. The van der Waals surface area contributed by atoms with Crippen molar-refractivity contribution in [2.45, 2.75) is 4.83 Å². The normalized spacial score (nSPS) is 11.8. The van der Waals surface area contributed by atoms with Crippen molar-refractivity contribution in [1.82, 2.24) is 5.32 Å². The number of rotatable bonds is 4. The smallest absolute Gasteiger partial charge is 0.321 e. The van der Waals surface area contributed by atoms with Crippen molar-refractivity contribution in [2.75, 3.05) is 13.7 Å². The number of hydrogen-bond acceptors (Lipinski definition) is 3. The van der Waals surface area contributed by atoms with Crippen molar-refractivity contribution in [3.63, 3.8) is 0 Å². The Balaban J connectivity index is 2.63. The number of amides is 1. The van der Waals surface area contributed by atoms with Crippen LogP contribution in [0.2, 0.25) is 0 Å². The van der Waals surface area contributed by atoms with Gasteiger partial charge in [-0.1, -0.05) is 15.9 Å². The topological polar surface area (TPSA) is 55.4 Å². The van der Waals surface area contributed by atoms with Crippen molar-refractivity contribution in [3.8, 4) is 0 Å². The molecule has 98 valence electrons. The summed E-state index contributed by atoms with van der Waals surface area (Å²) >= 11 is 6.17. The quantitative estimate of drug-likeness (QED) is 0.641. The van der Waals surface area contributed by atoms with Gasteiger partial charge in [-0.2, -0.15) is 0 Å². The summed E-state index contributed by atoms with van der Waals surface area (Å²) in [4.78, 5) is 22.2. The maximum Gasteiger partial charge on any atom is 0.321 e. The van der Waals surface area contributed by atoms with Gasteiger partial charge in [0.25, 0.3) is 5.91 Å². The molecule has 1 rings (SSSR count). The van der Waals surface area contributed by atoms with E-state index in [0.29, 0.717) is 10.0 Å². The minimum Gasteiger partial charge on any atom is -0.468 e. The third-order valence-corrected chi connectivity index (χ3v) is 3.43. The molecule has 1 aromatic rings. The molecule has 0 saturated heterocycles. The Bertz CT molecular complexity index is 468. The van der Waals surface area contributed by atoms with Crippen molar-refractivity contribution in [2.24, 2.45) is 0 Å². The van der Waals surface area contributed by atoms with Gasteiger partial charge >= 0.3 is 5.97 Å². The van der Waals surface area contributed by atoms with Gasteiger partial charge in [0.05, 0.1) is 12.7 Å². The fraction of sp³-hybridized carbons (Fsp3) is 0.273. The number of alkyl halides is 1. The number of ether oxygens (including phenoxy) is 1. The maximum atomic E-state index is 12.8. The van der Waals surface area contributed by atoms with E-state index in [1.54, 1.807) is 0 Å². The lowest BCUT2D eigenvalue weighted by Crippen LogP contribution is -2.34. The fourth-order valence-corrected chi connectivity index (χ4v) is 2.04. The zero-order valence-electron chi connectivity index (χ0n) is 9.38. The van der Waals surface area contributed by atoms with E-state index >= 15 is 0 Å². The van der Waals surface area contributed by atoms with Gasteiger partial charge in [-0.25, -0.2) is 4.39 Å². The Kier molecular flexibility index (Phi) is 5.74. The van der Waals surface area contributed by atoms with Crippen LogP contribution in [0.25, 0.3) is 0 Å². The van der Waals surface area contributed by atoms with Gasteiger partial charge in [-0.3, -0.25) is 9.59 Å². The van der Waals surface area contributed by atoms with Gasteiger partial charge in [-0.15, -0.1) is 0 Å². The van der Waals surface area contributed by atoms with Crippen LogP contribution in [-0.2, 0) is 9.53 Å². The van der Waals surface area contributed by atoms with E-state index in [-0.39, 0.29) is 6.54 Å². The molecule has 0 aliphatic heterocycles. The molecule has 0 spiro atoms. The van der Waals surface area contributed by atoms with Crippen molar-refractivity contribution in [3.05, 3.63) is 34.1 Å². The Hall–Kier alpha value is -0.950. The number of hydrogen-bond donors (Lipinski definition) is 1. The lowest BCUT2D eigenvalue weighted by molar-refractivity contribution is -0.139. The molecule has 1 aromatic carbocycles. The Morgan fingerprint density at radius 2 is 2.17 bits per heavy atom. The van der Waals surface area contributed by atoms with Crippen LogP contribution in [0, 0.1) is 5.82 Å². The maximum absolute atomic E-state index is 12.8. The summed E-state index contributed by atoms with van der Waals surface area (Å²) in [7, 11) is 1.26. The number of benzene rings is 1. The van der Waals surface area contributed by atoms with Crippen molar-refractivity contribution < 1.29 is 18.7 Å². The summed E-state index contributed by atoms with van der Waals surface area (Å²) in [6, 6.07) is 3.74. The van der Waals surface area contributed by atoms with Crippen LogP contribution >= 0.6 is 31.9 Å². The average molecular weight is 383 g/mol. The monoisotopic (exact) mass is 381 g/mol. The lowest BCUT2D eigenvalue weighted by Gasteiger charge is -2.10. The van der Waals surface area contributed by atoms with Crippen LogP contribution in [-0.4, -0.2) is 30.4 Å². The molecule has 0 radical (unpaired) electrons. The molecule has 7 heteroatoms. The molecule has 1 amide bonds. The van der Waals surface area contributed by atoms with E-state index in [1.165, 1.54) is 25.3 Å². The van der Waals surface area contributed by atoms with Gasteiger partial charge in [0.2, 0.25) is 0 Å². The summed E-state index contributed by atoms with van der Waals surface area (Å²) in [5.41, 5.74) is 0.293. The minimum absolute atomic E-state index is 0.0787. The lowest BCUT2D eigenvalue weighted by atomic mass is 10.2. The predicted octanol–water partition coefficient (Wildman–Crippen LogP) is 2.25. The highest BCUT2D eigenvalue weighted by Gasteiger charge is 2.17. The van der Waals surface area contributed by atoms with Crippen LogP contribution in [0.5, 0.6) is 0 Å². The third-order valence-electron chi connectivity index (χ3n) is 2.07. The first-order valence-electron chi connectivity index (χ1n) is 4.91. The van der Waals surface area contributed by atoms with E-state index < -0.39 is 22.5 Å². The van der Waals surface area contributed by atoms with Gasteiger partial charge in [-0.05, 0) is 34.1 Å². The largest absolute Gasteiger partial charge is 0.468 e. The highest BCUT2D eigenvalue weighted by Crippen LogP contribution is 2.17. The van der Waals surface area contributed by atoms with Crippen molar-refractivity contribution >= 4 is 43.7 Å². The van der Waals surface area contributed by atoms with E-state index in [0.717, 1.165) is 0 Å². The van der Waals surface area contributed by atoms with Crippen LogP contribution in [0.3, 0.4) is 0 Å². The first-order valence-corrected chi connectivity index (χ1v) is 6.61. The molecular weight excluding hydrogens is 373 g/mol. The Morgan fingerprint density at radius 1 is 1.50 bits per heavy atom. The third kappa shape index (κ3) is 4.06. The van der Waals surface area contributed by atoms with Crippen molar-refractivity contribution in [1.29, 1.82) is 0 Å². The van der Waals surface area contributed by atoms with E-state index in [9.17, 15) is 14.0 Å². The van der Waals surface area contributed by atoms with E-state index in [1.807, 2.05) is 0 Å². The zero-order valence-corrected chi connectivity index (χ0v) is 12.5. The van der Waals surface area contributed by atoms with Crippen LogP contribution in [0.4, 0.5) is 4.39 Å². The molecule has 4 nitrogen and oxygen atoms in total. The molecule has 0 aliphatic carbocycles. The second kappa shape index (κ2) is 6.84. The molecule has 1 unspecified atom stereocenters. The molecule has 18 heavy (non-hydrogen) atoms. The minimum atomic E-state index is -0.620.